The Kier molecular flexibility index (Phi) is 3.48. The zero-order valence-corrected chi connectivity index (χ0v) is 10.5. The Labute approximate surface area is 106 Å². The molecule has 1 aromatic carbocycles. The minimum absolute atomic E-state index is 0.0636. The fourth-order valence-corrected chi connectivity index (χ4v) is 2.36. The van der Waals surface area contributed by atoms with E-state index >= 15 is 0 Å². The van der Waals surface area contributed by atoms with Gasteiger partial charge in [0.15, 0.2) is 5.52 Å². The van der Waals surface area contributed by atoms with Gasteiger partial charge in [0.05, 0.1) is 11.0 Å². The lowest BCUT2D eigenvalue weighted by Gasteiger charge is -2.13. The minimum atomic E-state index is -0.529. The van der Waals surface area contributed by atoms with Gasteiger partial charge in [0, 0.05) is 16.2 Å². The Morgan fingerprint density at radius 2 is 2.06 bits per heavy atom. The highest BCUT2D eigenvalue weighted by Gasteiger charge is 2.21. The molecule has 0 amide bonds. The molecule has 0 fully saturated rings. The number of aliphatic hydroxyl groups is 1. The average molecular weight is 269 g/mol. The summed E-state index contributed by atoms with van der Waals surface area (Å²) in [7, 11) is 0. The molecule has 0 saturated carbocycles. The first kappa shape index (κ1) is 12.8. The third-order valence-corrected chi connectivity index (χ3v) is 3.90. The van der Waals surface area contributed by atoms with Crippen molar-refractivity contribution in [2.75, 3.05) is 0 Å². The van der Waals surface area contributed by atoms with E-state index in [1.807, 2.05) is 6.92 Å². The van der Waals surface area contributed by atoms with E-state index in [0.29, 0.717) is 10.4 Å². The number of nitro groups is 1. The predicted octanol–water partition coefficient (Wildman–Crippen LogP) is 1.99. The van der Waals surface area contributed by atoms with Gasteiger partial charge < -0.3 is 5.11 Å². The summed E-state index contributed by atoms with van der Waals surface area (Å²) in [5, 5.41) is 27.4. The van der Waals surface area contributed by atoms with Crippen molar-refractivity contribution < 1.29 is 14.7 Å². The van der Waals surface area contributed by atoms with Crippen LogP contribution < -0.4 is 0 Å². The molecule has 18 heavy (non-hydrogen) atoms. The molecule has 0 radical (unpaired) electrons. The molecular formula is C10H11N3O4S. The number of rotatable bonds is 4. The topological polar surface area (TPSA) is 102 Å². The van der Waals surface area contributed by atoms with Crippen LogP contribution in [0.1, 0.15) is 13.8 Å². The Morgan fingerprint density at radius 3 is 2.67 bits per heavy atom. The molecule has 2 rings (SSSR count). The number of fused-ring (bicyclic) bond motifs is 1. The lowest BCUT2D eigenvalue weighted by Crippen LogP contribution is -2.14. The molecule has 1 heterocycles. The van der Waals surface area contributed by atoms with E-state index in [1.165, 1.54) is 17.8 Å². The van der Waals surface area contributed by atoms with Crippen LogP contribution in [0.5, 0.6) is 0 Å². The number of benzene rings is 1. The number of aliphatic hydroxyl groups excluding tert-OH is 1. The van der Waals surface area contributed by atoms with E-state index in [0.717, 1.165) is 0 Å². The summed E-state index contributed by atoms with van der Waals surface area (Å²) in [4.78, 5) is 11.0. The molecule has 2 atom stereocenters. The molecule has 0 spiro atoms. The monoisotopic (exact) mass is 269 g/mol. The maximum Gasteiger partial charge on any atom is 0.300 e. The van der Waals surface area contributed by atoms with E-state index in [4.69, 9.17) is 0 Å². The SMILES string of the molecule is CC(O)C(C)Sc1ccc([N+](=O)[O-])c2nonc12. The number of non-ortho nitro benzene ring substituents is 1. The number of hydrogen-bond donors (Lipinski definition) is 1. The van der Waals surface area contributed by atoms with Gasteiger partial charge in [-0.15, -0.1) is 11.8 Å². The molecule has 1 N–H and O–H groups in total. The van der Waals surface area contributed by atoms with Gasteiger partial charge in [0.2, 0.25) is 5.52 Å². The van der Waals surface area contributed by atoms with Crippen molar-refractivity contribution >= 4 is 28.5 Å². The largest absolute Gasteiger partial charge is 0.392 e. The van der Waals surface area contributed by atoms with Gasteiger partial charge in [-0.05, 0) is 23.3 Å². The van der Waals surface area contributed by atoms with Crippen LogP contribution in [-0.2, 0) is 0 Å². The van der Waals surface area contributed by atoms with E-state index in [-0.39, 0.29) is 16.5 Å². The second-order valence-corrected chi connectivity index (χ2v) is 5.28. The van der Waals surface area contributed by atoms with E-state index < -0.39 is 11.0 Å². The van der Waals surface area contributed by atoms with Gasteiger partial charge in [-0.3, -0.25) is 10.1 Å². The third kappa shape index (κ3) is 2.29. The Balaban J connectivity index is 2.45. The van der Waals surface area contributed by atoms with Gasteiger partial charge in [-0.1, -0.05) is 6.92 Å². The molecule has 0 aliphatic carbocycles. The average Bonchev–Trinajstić information content (AvgIpc) is 2.77. The molecule has 0 aliphatic heterocycles. The molecule has 0 saturated heterocycles. The van der Waals surface area contributed by atoms with Gasteiger partial charge in [0.1, 0.15) is 0 Å². The second-order valence-electron chi connectivity index (χ2n) is 3.86. The molecule has 1 aromatic heterocycles. The number of hydrogen-bond acceptors (Lipinski definition) is 7. The lowest BCUT2D eigenvalue weighted by atomic mass is 10.3. The van der Waals surface area contributed by atoms with Gasteiger partial charge in [-0.2, -0.15) is 0 Å². The number of aromatic nitrogens is 2. The second kappa shape index (κ2) is 4.91. The number of nitro benzene ring substituents is 1. The highest BCUT2D eigenvalue weighted by Crippen LogP contribution is 2.34. The normalized spacial score (nSPS) is 14.6. The first-order valence-corrected chi connectivity index (χ1v) is 6.13. The summed E-state index contributed by atoms with van der Waals surface area (Å²) in [5.41, 5.74) is 0.338. The Hall–Kier alpha value is -1.67. The van der Waals surface area contributed by atoms with Crippen LogP contribution in [0.25, 0.3) is 11.0 Å². The maximum atomic E-state index is 10.8. The summed E-state index contributed by atoms with van der Waals surface area (Å²) in [6.07, 6.45) is -0.500. The molecule has 0 bridgehead atoms. The summed E-state index contributed by atoms with van der Waals surface area (Å²) >= 11 is 1.37. The molecule has 2 unspecified atom stereocenters. The van der Waals surface area contributed by atoms with Crippen molar-refractivity contribution in [3.8, 4) is 0 Å². The molecule has 2 aromatic rings. The third-order valence-electron chi connectivity index (χ3n) is 2.55. The highest BCUT2D eigenvalue weighted by atomic mass is 32.2. The molecule has 96 valence electrons. The zero-order chi connectivity index (χ0) is 13.3. The number of thioether (sulfide) groups is 1. The zero-order valence-electron chi connectivity index (χ0n) is 9.73. The molecule has 0 aliphatic rings. The molecule has 8 heteroatoms. The fourth-order valence-electron chi connectivity index (χ4n) is 1.37. The van der Waals surface area contributed by atoms with Crippen molar-refractivity contribution in [1.82, 2.24) is 10.3 Å². The van der Waals surface area contributed by atoms with Crippen LogP contribution in [0.3, 0.4) is 0 Å². The van der Waals surface area contributed by atoms with Crippen LogP contribution in [0, 0.1) is 10.1 Å². The van der Waals surface area contributed by atoms with E-state index in [2.05, 4.69) is 14.9 Å². The van der Waals surface area contributed by atoms with Crippen molar-refractivity contribution in [3.05, 3.63) is 22.2 Å². The Bertz CT molecular complexity index is 584. The predicted molar refractivity (Wildman–Crippen MR) is 65.5 cm³/mol. The van der Waals surface area contributed by atoms with E-state index in [9.17, 15) is 15.2 Å². The molecular weight excluding hydrogens is 258 g/mol. The summed E-state index contributed by atoms with van der Waals surface area (Å²) < 4.78 is 4.56. The van der Waals surface area contributed by atoms with Gasteiger partial charge in [0.25, 0.3) is 0 Å². The van der Waals surface area contributed by atoms with Crippen LogP contribution in [0.2, 0.25) is 0 Å². The quantitative estimate of drug-likeness (QED) is 0.514. The van der Waals surface area contributed by atoms with E-state index in [1.54, 1.807) is 13.0 Å². The van der Waals surface area contributed by atoms with Gasteiger partial charge in [-0.25, -0.2) is 4.63 Å². The summed E-state index contributed by atoms with van der Waals surface area (Å²) in [5.74, 6) is 0. The highest BCUT2D eigenvalue weighted by molar-refractivity contribution is 8.00. The smallest absolute Gasteiger partial charge is 0.300 e. The first-order valence-electron chi connectivity index (χ1n) is 5.25. The van der Waals surface area contributed by atoms with Crippen LogP contribution in [0.4, 0.5) is 5.69 Å². The Morgan fingerprint density at radius 1 is 1.39 bits per heavy atom. The summed E-state index contributed by atoms with van der Waals surface area (Å²) in [6.45, 7) is 3.54. The van der Waals surface area contributed by atoms with Crippen molar-refractivity contribution in [2.45, 2.75) is 30.1 Å². The van der Waals surface area contributed by atoms with Crippen molar-refractivity contribution in [3.63, 3.8) is 0 Å². The number of nitrogens with zero attached hydrogens (tertiary/aromatic N) is 3. The maximum absolute atomic E-state index is 10.8. The van der Waals surface area contributed by atoms with Crippen LogP contribution in [-0.4, -0.2) is 31.7 Å². The van der Waals surface area contributed by atoms with Crippen molar-refractivity contribution in [2.24, 2.45) is 0 Å². The van der Waals surface area contributed by atoms with Crippen molar-refractivity contribution in [1.29, 1.82) is 0 Å². The molecule has 7 nitrogen and oxygen atoms in total. The van der Waals surface area contributed by atoms with Crippen LogP contribution in [0.15, 0.2) is 21.7 Å². The lowest BCUT2D eigenvalue weighted by molar-refractivity contribution is -0.383. The fraction of sp³-hybridized carbons (Fsp3) is 0.400. The first-order chi connectivity index (χ1) is 8.50. The minimum Gasteiger partial charge on any atom is -0.392 e. The summed E-state index contributed by atoms with van der Waals surface area (Å²) in [6, 6.07) is 2.96. The van der Waals surface area contributed by atoms with Gasteiger partial charge >= 0.3 is 5.69 Å². The van der Waals surface area contributed by atoms with Crippen LogP contribution >= 0.6 is 11.8 Å². The standard InChI is InChI=1S/C10H11N3O4S/c1-5(14)6(2)18-8-4-3-7(13(15)16)9-10(8)12-17-11-9/h3-6,14H,1-2H3.